The van der Waals surface area contributed by atoms with Gasteiger partial charge in [-0.15, -0.1) is 0 Å². The topological polar surface area (TPSA) is 74.9 Å². The number of carbonyl (C=O) groups is 1. The van der Waals surface area contributed by atoms with Crippen LogP contribution in [0.15, 0.2) is 23.1 Å². The summed E-state index contributed by atoms with van der Waals surface area (Å²) in [5.74, 6) is -0.695. The Balaban J connectivity index is 2.93. The summed E-state index contributed by atoms with van der Waals surface area (Å²) in [6.45, 7) is 1.10. The van der Waals surface area contributed by atoms with E-state index in [2.05, 4.69) is 5.32 Å². The molecule has 108 valence electrons. The lowest BCUT2D eigenvalue weighted by molar-refractivity contribution is -0.139. The Morgan fingerprint density at radius 2 is 2.20 bits per heavy atom. The predicted molar refractivity (Wildman–Crippen MR) is 63.5 cm³/mol. The molecular weight excluding hydrogens is 275 g/mol. The largest absolute Gasteiger partial charge is 0.421 e. The van der Waals surface area contributed by atoms with Gasteiger partial charge in [-0.05, 0) is 18.6 Å². The highest BCUT2D eigenvalue weighted by Gasteiger charge is 2.34. The number of alkyl halides is 3. The van der Waals surface area contributed by atoms with Crippen molar-refractivity contribution in [1.82, 2.24) is 9.88 Å². The molecule has 1 aromatic rings. The summed E-state index contributed by atoms with van der Waals surface area (Å²) < 4.78 is 38.2. The van der Waals surface area contributed by atoms with Gasteiger partial charge in [0.25, 0.3) is 5.56 Å². The Hall–Kier alpha value is -2.30. The van der Waals surface area contributed by atoms with Crippen LogP contribution >= 0.6 is 0 Å². The second-order valence-corrected chi connectivity index (χ2v) is 4.01. The molecule has 20 heavy (non-hydrogen) atoms. The van der Waals surface area contributed by atoms with E-state index in [1.165, 1.54) is 0 Å². The number of hydrogen-bond acceptors (Lipinski definition) is 3. The lowest BCUT2D eigenvalue weighted by Gasteiger charge is -2.12. The number of nitriles is 1. The van der Waals surface area contributed by atoms with Crippen molar-refractivity contribution < 1.29 is 18.0 Å². The van der Waals surface area contributed by atoms with E-state index in [9.17, 15) is 22.8 Å². The average molecular weight is 287 g/mol. The second kappa shape index (κ2) is 6.23. The standard InChI is InChI=1S/C12H12F3N3O2/c1-2-8(6-16)17-10(19)7-18-5-3-4-9(11(18)20)12(13,14)15/h3-5,8H,2,7H2,1H3,(H,17,19). The fourth-order valence-corrected chi connectivity index (χ4v) is 1.50. The molecule has 1 heterocycles. The number of nitrogens with one attached hydrogen (secondary N) is 1. The minimum Gasteiger partial charge on any atom is -0.339 e. The van der Waals surface area contributed by atoms with Crippen LogP contribution in [-0.2, 0) is 17.5 Å². The number of nitrogens with zero attached hydrogens (tertiary/aromatic N) is 2. The summed E-state index contributed by atoms with van der Waals surface area (Å²) in [5, 5.41) is 11.0. The molecule has 0 aliphatic rings. The molecule has 1 N–H and O–H groups in total. The van der Waals surface area contributed by atoms with Crippen molar-refractivity contribution in [2.75, 3.05) is 0 Å². The highest BCUT2D eigenvalue weighted by Crippen LogP contribution is 2.25. The SMILES string of the molecule is CCC(C#N)NC(=O)Cn1cccc(C(F)(F)F)c1=O. The monoisotopic (exact) mass is 287 g/mol. The predicted octanol–water partition coefficient (Wildman–Crippen LogP) is 1.29. The van der Waals surface area contributed by atoms with Gasteiger partial charge in [0.1, 0.15) is 18.2 Å². The lowest BCUT2D eigenvalue weighted by atomic mass is 10.2. The van der Waals surface area contributed by atoms with Crippen LogP contribution < -0.4 is 10.9 Å². The molecular formula is C12H12F3N3O2. The van der Waals surface area contributed by atoms with Crippen molar-refractivity contribution in [1.29, 1.82) is 5.26 Å². The van der Waals surface area contributed by atoms with Crippen molar-refractivity contribution in [3.05, 3.63) is 34.2 Å². The minimum atomic E-state index is -4.77. The van der Waals surface area contributed by atoms with Gasteiger partial charge in [0.05, 0.1) is 6.07 Å². The number of pyridine rings is 1. The zero-order valence-corrected chi connectivity index (χ0v) is 10.6. The fourth-order valence-electron chi connectivity index (χ4n) is 1.50. The van der Waals surface area contributed by atoms with E-state index >= 15 is 0 Å². The molecule has 1 unspecified atom stereocenters. The van der Waals surface area contributed by atoms with Gasteiger partial charge in [-0.1, -0.05) is 6.92 Å². The average Bonchev–Trinajstić information content (AvgIpc) is 2.37. The fraction of sp³-hybridized carbons (Fsp3) is 0.417. The molecule has 0 bridgehead atoms. The zero-order chi connectivity index (χ0) is 15.3. The molecule has 0 radical (unpaired) electrons. The zero-order valence-electron chi connectivity index (χ0n) is 10.6. The third kappa shape index (κ3) is 3.85. The van der Waals surface area contributed by atoms with Crippen LogP contribution in [0.2, 0.25) is 0 Å². The molecule has 0 fully saturated rings. The van der Waals surface area contributed by atoms with E-state index in [0.717, 1.165) is 12.3 Å². The van der Waals surface area contributed by atoms with Gasteiger partial charge >= 0.3 is 6.18 Å². The molecule has 1 amide bonds. The highest BCUT2D eigenvalue weighted by atomic mass is 19.4. The molecule has 8 heteroatoms. The van der Waals surface area contributed by atoms with E-state index in [1.54, 1.807) is 6.92 Å². The van der Waals surface area contributed by atoms with Crippen molar-refractivity contribution >= 4 is 5.91 Å². The molecule has 0 aliphatic heterocycles. The summed E-state index contributed by atoms with van der Waals surface area (Å²) in [4.78, 5) is 23.1. The smallest absolute Gasteiger partial charge is 0.339 e. The van der Waals surface area contributed by atoms with Gasteiger partial charge < -0.3 is 9.88 Å². The first-order valence-corrected chi connectivity index (χ1v) is 5.75. The van der Waals surface area contributed by atoms with Gasteiger partial charge in [-0.25, -0.2) is 0 Å². The van der Waals surface area contributed by atoms with E-state index in [-0.39, 0.29) is 0 Å². The van der Waals surface area contributed by atoms with Gasteiger partial charge in [-0.2, -0.15) is 18.4 Å². The highest BCUT2D eigenvalue weighted by molar-refractivity contribution is 5.76. The Kier molecular flexibility index (Phi) is 4.91. The quantitative estimate of drug-likeness (QED) is 0.906. The maximum Gasteiger partial charge on any atom is 0.421 e. The molecule has 0 spiro atoms. The van der Waals surface area contributed by atoms with Crippen LogP contribution in [0, 0.1) is 11.3 Å². The van der Waals surface area contributed by atoms with Crippen LogP contribution in [0.25, 0.3) is 0 Å². The molecule has 1 atom stereocenters. The van der Waals surface area contributed by atoms with Gasteiger partial charge in [0.2, 0.25) is 5.91 Å². The van der Waals surface area contributed by atoms with Crippen LogP contribution in [0.1, 0.15) is 18.9 Å². The Morgan fingerprint density at radius 3 is 2.70 bits per heavy atom. The van der Waals surface area contributed by atoms with E-state index in [1.807, 2.05) is 6.07 Å². The van der Waals surface area contributed by atoms with E-state index in [4.69, 9.17) is 5.26 Å². The second-order valence-electron chi connectivity index (χ2n) is 4.01. The normalized spacial score (nSPS) is 12.6. The van der Waals surface area contributed by atoms with Crippen molar-refractivity contribution in [2.45, 2.75) is 32.1 Å². The summed E-state index contributed by atoms with van der Waals surface area (Å²) >= 11 is 0. The number of carbonyl (C=O) groups excluding carboxylic acids is 1. The van der Waals surface area contributed by atoms with Crippen molar-refractivity contribution in [2.24, 2.45) is 0 Å². The minimum absolute atomic E-state index is 0.361. The first-order valence-electron chi connectivity index (χ1n) is 5.75. The number of halogens is 3. The Morgan fingerprint density at radius 1 is 1.55 bits per heavy atom. The molecule has 0 aliphatic carbocycles. The van der Waals surface area contributed by atoms with Crippen LogP contribution in [0.3, 0.4) is 0 Å². The summed E-state index contributed by atoms with van der Waals surface area (Å²) in [5.41, 5.74) is -2.62. The molecule has 0 aromatic carbocycles. The Labute approximate surface area is 112 Å². The van der Waals surface area contributed by atoms with Gasteiger partial charge in [0.15, 0.2) is 0 Å². The third-order valence-corrected chi connectivity index (χ3v) is 2.54. The molecule has 1 aromatic heterocycles. The molecule has 0 saturated carbocycles. The van der Waals surface area contributed by atoms with Crippen molar-refractivity contribution in [3.8, 4) is 6.07 Å². The summed E-state index contributed by atoms with van der Waals surface area (Å²) in [6.07, 6.45) is -3.32. The maximum atomic E-state index is 12.5. The molecule has 1 rings (SSSR count). The van der Waals surface area contributed by atoms with Crippen LogP contribution in [0.4, 0.5) is 13.2 Å². The third-order valence-electron chi connectivity index (χ3n) is 2.54. The first-order chi connectivity index (χ1) is 9.29. The number of hydrogen-bond donors (Lipinski definition) is 1. The van der Waals surface area contributed by atoms with Crippen LogP contribution in [0.5, 0.6) is 0 Å². The molecule has 0 saturated heterocycles. The van der Waals surface area contributed by atoms with E-state index in [0.29, 0.717) is 17.1 Å². The maximum absolute atomic E-state index is 12.5. The van der Waals surface area contributed by atoms with Gasteiger partial charge in [-0.3, -0.25) is 9.59 Å². The summed E-state index contributed by atoms with van der Waals surface area (Å²) in [6, 6.07) is 2.78. The van der Waals surface area contributed by atoms with E-state index < -0.39 is 35.8 Å². The van der Waals surface area contributed by atoms with Crippen LogP contribution in [-0.4, -0.2) is 16.5 Å². The number of amides is 1. The first kappa shape index (κ1) is 15.8. The number of rotatable bonds is 4. The Bertz CT molecular complexity index is 587. The van der Waals surface area contributed by atoms with Crippen molar-refractivity contribution in [3.63, 3.8) is 0 Å². The summed E-state index contributed by atoms with van der Waals surface area (Å²) in [7, 11) is 0. The lowest BCUT2D eigenvalue weighted by Crippen LogP contribution is -2.38. The molecule has 5 nitrogen and oxygen atoms in total. The number of aromatic nitrogens is 1. The van der Waals surface area contributed by atoms with Gasteiger partial charge in [0, 0.05) is 6.20 Å².